The molecular weight excluding hydrogens is 168 g/mol. The van der Waals surface area contributed by atoms with Gasteiger partial charge in [0.25, 0.3) is 0 Å². The monoisotopic (exact) mass is 178 g/mol. The van der Waals surface area contributed by atoms with Gasteiger partial charge in [0.15, 0.2) is 0 Å². The molecule has 2 aliphatic rings. The van der Waals surface area contributed by atoms with Crippen molar-refractivity contribution in [2.75, 3.05) is 7.11 Å². The summed E-state index contributed by atoms with van der Waals surface area (Å²) in [5.74, 6) is -0.337. The number of nitrogens with zero attached hydrogens (tertiary/aromatic N) is 1. The van der Waals surface area contributed by atoms with E-state index in [0.717, 1.165) is 0 Å². The maximum atomic E-state index is 11.1. The summed E-state index contributed by atoms with van der Waals surface area (Å²) in [4.78, 5) is 13.0. The van der Waals surface area contributed by atoms with Crippen molar-refractivity contribution >= 4 is 5.97 Å². The fourth-order valence-corrected chi connectivity index (χ4v) is 1.32. The Morgan fingerprint density at radius 3 is 3.15 bits per heavy atom. The summed E-state index contributed by atoms with van der Waals surface area (Å²) in [5, 5.41) is 3.02. The number of carbonyl (C=O) groups excluding carboxylic acids is 1. The Labute approximate surface area is 76.2 Å². The number of esters is 1. The average molecular weight is 178 g/mol. The molecule has 13 heavy (non-hydrogen) atoms. The van der Waals surface area contributed by atoms with Crippen molar-refractivity contribution in [1.82, 2.24) is 10.2 Å². The lowest BCUT2D eigenvalue weighted by molar-refractivity contribution is -0.136. The zero-order chi connectivity index (χ0) is 9.26. The number of hydrogen-bond acceptors (Lipinski definition) is 4. The van der Waals surface area contributed by atoms with Crippen LogP contribution in [0.15, 0.2) is 36.3 Å². The zero-order valence-electron chi connectivity index (χ0n) is 7.23. The number of fused-ring (bicyclic) bond motifs is 1. The SMILES string of the molecule is COC(=O)C1=CN2C=CC=C[C@H]2N1. The van der Waals surface area contributed by atoms with Crippen molar-refractivity contribution < 1.29 is 9.53 Å². The van der Waals surface area contributed by atoms with E-state index < -0.39 is 0 Å². The molecule has 68 valence electrons. The van der Waals surface area contributed by atoms with Gasteiger partial charge in [-0.2, -0.15) is 0 Å². The number of ether oxygens (including phenoxy) is 1. The van der Waals surface area contributed by atoms with Crippen LogP contribution in [0.2, 0.25) is 0 Å². The molecule has 0 unspecified atom stereocenters. The highest BCUT2D eigenvalue weighted by Gasteiger charge is 2.25. The molecule has 0 aromatic heterocycles. The molecule has 0 radical (unpaired) electrons. The quantitative estimate of drug-likeness (QED) is 0.587. The van der Waals surface area contributed by atoms with Crippen LogP contribution < -0.4 is 5.32 Å². The number of nitrogens with one attached hydrogen (secondary N) is 1. The Bertz CT molecular complexity index is 318. The van der Waals surface area contributed by atoms with Crippen molar-refractivity contribution in [1.29, 1.82) is 0 Å². The first-order chi connectivity index (χ1) is 6.31. The standard InChI is InChI=1S/C9H10N2O2/c1-13-9(12)7-6-11-5-3-2-4-8(11)10-7/h2-6,8,10H,1H3/t8-/m0/s1. The highest BCUT2D eigenvalue weighted by atomic mass is 16.5. The molecule has 0 saturated carbocycles. The van der Waals surface area contributed by atoms with E-state index >= 15 is 0 Å². The van der Waals surface area contributed by atoms with Gasteiger partial charge >= 0.3 is 5.97 Å². The van der Waals surface area contributed by atoms with Crippen LogP contribution in [0.3, 0.4) is 0 Å². The van der Waals surface area contributed by atoms with Crippen LogP contribution in [0.25, 0.3) is 0 Å². The fourth-order valence-electron chi connectivity index (χ4n) is 1.32. The van der Waals surface area contributed by atoms with Crippen LogP contribution in [0.4, 0.5) is 0 Å². The molecule has 0 amide bonds. The Kier molecular flexibility index (Phi) is 1.81. The molecule has 2 aliphatic heterocycles. The van der Waals surface area contributed by atoms with Gasteiger partial charge in [-0.25, -0.2) is 4.79 Å². The molecule has 2 heterocycles. The normalized spacial score (nSPS) is 23.6. The molecule has 0 aromatic rings. The molecule has 1 N–H and O–H groups in total. The highest BCUT2D eigenvalue weighted by molar-refractivity contribution is 5.88. The number of methoxy groups -OCH3 is 1. The van der Waals surface area contributed by atoms with Crippen molar-refractivity contribution in [2.24, 2.45) is 0 Å². The van der Waals surface area contributed by atoms with E-state index in [1.807, 2.05) is 29.3 Å². The third-order valence-electron chi connectivity index (χ3n) is 1.97. The summed E-state index contributed by atoms with van der Waals surface area (Å²) in [6.07, 6.45) is 9.49. The topological polar surface area (TPSA) is 41.6 Å². The molecule has 4 nitrogen and oxygen atoms in total. The second-order valence-corrected chi connectivity index (χ2v) is 2.80. The molecule has 0 saturated heterocycles. The van der Waals surface area contributed by atoms with Crippen LogP contribution >= 0.6 is 0 Å². The van der Waals surface area contributed by atoms with Gasteiger partial charge < -0.3 is 15.0 Å². The summed E-state index contributed by atoms with van der Waals surface area (Å²) in [6, 6.07) is 0. The predicted octanol–water partition coefficient (Wildman–Crippen LogP) is 0.316. The first kappa shape index (κ1) is 7.91. The summed E-state index contributed by atoms with van der Waals surface area (Å²) in [6.45, 7) is 0. The van der Waals surface area contributed by atoms with Gasteiger partial charge in [-0.1, -0.05) is 6.08 Å². The second-order valence-electron chi connectivity index (χ2n) is 2.80. The minimum absolute atomic E-state index is 0.0547. The van der Waals surface area contributed by atoms with E-state index in [2.05, 4.69) is 10.1 Å². The van der Waals surface area contributed by atoms with E-state index in [0.29, 0.717) is 5.70 Å². The summed E-state index contributed by atoms with van der Waals surface area (Å²) >= 11 is 0. The van der Waals surface area contributed by atoms with Gasteiger partial charge in [0.2, 0.25) is 0 Å². The maximum Gasteiger partial charge on any atom is 0.355 e. The lowest BCUT2D eigenvalue weighted by atomic mass is 10.3. The lowest BCUT2D eigenvalue weighted by Gasteiger charge is -2.20. The van der Waals surface area contributed by atoms with E-state index in [1.54, 1.807) is 6.20 Å². The van der Waals surface area contributed by atoms with Crippen LogP contribution in [-0.2, 0) is 9.53 Å². The third kappa shape index (κ3) is 1.30. The van der Waals surface area contributed by atoms with E-state index in [4.69, 9.17) is 0 Å². The first-order valence-corrected chi connectivity index (χ1v) is 4.00. The molecule has 1 atom stereocenters. The summed E-state index contributed by atoms with van der Waals surface area (Å²) in [5.41, 5.74) is 0.490. The Morgan fingerprint density at radius 1 is 1.62 bits per heavy atom. The predicted molar refractivity (Wildman–Crippen MR) is 47.1 cm³/mol. The van der Waals surface area contributed by atoms with Gasteiger partial charge in [0.1, 0.15) is 11.9 Å². The van der Waals surface area contributed by atoms with Gasteiger partial charge in [-0.3, -0.25) is 0 Å². The first-order valence-electron chi connectivity index (χ1n) is 4.00. The van der Waals surface area contributed by atoms with Gasteiger partial charge in [0, 0.05) is 12.4 Å². The molecule has 0 spiro atoms. The molecular formula is C9H10N2O2. The summed E-state index contributed by atoms with van der Waals surface area (Å²) in [7, 11) is 1.37. The smallest absolute Gasteiger partial charge is 0.355 e. The molecule has 2 rings (SSSR count). The Hall–Kier alpha value is -1.71. The van der Waals surface area contributed by atoms with Crippen molar-refractivity contribution in [2.45, 2.75) is 6.17 Å². The van der Waals surface area contributed by atoms with E-state index in [1.165, 1.54) is 7.11 Å². The van der Waals surface area contributed by atoms with E-state index in [-0.39, 0.29) is 12.1 Å². The molecule has 0 aliphatic carbocycles. The largest absolute Gasteiger partial charge is 0.464 e. The lowest BCUT2D eigenvalue weighted by Crippen LogP contribution is -2.33. The van der Waals surface area contributed by atoms with E-state index in [9.17, 15) is 4.79 Å². The molecule has 0 fully saturated rings. The van der Waals surface area contributed by atoms with Gasteiger partial charge in [-0.15, -0.1) is 0 Å². The average Bonchev–Trinajstić information content (AvgIpc) is 2.59. The number of allylic oxidation sites excluding steroid dienone is 2. The molecule has 0 aromatic carbocycles. The number of rotatable bonds is 1. The maximum absolute atomic E-state index is 11.1. The number of carbonyl (C=O) groups is 1. The van der Waals surface area contributed by atoms with Crippen molar-refractivity contribution in [3.63, 3.8) is 0 Å². The summed E-state index contributed by atoms with van der Waals surface area (Å²) < 4.78 is 4.60. The zero-order valence-corrected chi connectivity index (χ0v) is 7.23. The van der Waals surface area contributed by atoms with Crippen molar-refractivity contribution in [3.05, 3.63) is 36.3 Å². The van der Waals surface area contributed by atoms with Crippen molar-refractivity contribution in [3.8, 4) is 0 Å². The minimum Gasteiger partial charge on any atom is -0.464 e. The fraction of sp³-hybridized carbons (Fsp3) is 0.222. The Balaban J connectivity index is 2.15. The van der Waals surface area contributed by atoms with Gasteiger partial charge in [0.05, 0.1) is 7.11 Å². The van der Waals surface area contributed by atoms with Crippen LogP contribution in [-0.4, -0.2) is 24.1 Å². The highest BCUT2D eigenvalue weighted by Crippen LogP contribution is 2.16. The minimum atomic E-state index is -0.337. The third-order valence-corrected chi connectivity index (χ3v) is 1.97. The second kappa shape index (κ2) is 2.97. The molecule has 0 bridgehead atoms. The molecule has 4 heteroatoms. The van der Waals surface area contributed by atoms with Gasteiger partial charge in [-0.05, 0) is 12.2 Å². The Morgan fingerprint density at radius 2 is 2.46 bits per heavy atom. The van der Waals surface area contributed by atoms with Crippen LogP contribution in [0, 0.1) is 0 Å². The van der Waals surface area contributed by atoms with Crippen LogP contribution in [0.5, 0.6) is 0 Å². The number of hydrogen-bond donors (Lipinski definition) is 1. The van der Waals surface area contributed by atoms with Crippen LogP contribution in [0.1, 0.15) is 0 Å².